The molecule has 0 saturated heterocycles. The van der Waals surface area contributed by atoms with Crippen LogP contribution >= 0.6 is 23.5 Å². The summed E-state index contributed by atoms with van der Waals surface area (Å²) >= 11 is 2.64. The molecule has 0 aromatic heterocycles. The van der Waals surface area contributed by atoms with Crippen LogP contribution in [0.25, 0.3) is 4.85 Å². The third kappa shape index (κ3) is 8.62. The van der Waals surface area contributed by atoms with Crippen LogP contribution in [-0.4, -0.2) is 38.4 Å². The van der Waals surface area contributed by atoms with Crippen molar-refractivity contribution in [3.63, 3.8) is 0 Å². The van der Waals surface area contributed by atoms with E-state index >= 15 is 0 Å². The van der Waals surface area contributed by atoms with Crippen LogP contribution in [0, 0.1) is 36.7 Å². The molecular formula is C27H34N2O6S2. The van der Waals surface area contributed by atoms with Crippen molar-refractivity contribution in [1.82, 2.24) is 0 Å². The molecule has 1 heterocycles. The molecule has 0 amide bonds. The second kappa shape index (κ2) is 15.4. The molecule has 0 bridgehead atoms. The van der Waals surface area contributed by atoms with Gasteiger partial charge >= 0.3 is 11.9 Å². The number of hydrogen-bond acceptors (Lipinski definition) is 9. The molecule has 0 saturated carbocycles. The monoisotopic (exact) mass is 546 g/mol. The molecule has 2 unspecified atom stereocenters. The Morgan fingerprint density at radius 1 is 0.973 bits per heavy atom. The number of esters is 2. The van der Waals surface area contributed by atoms with E-state index in [4.69, 9.17) is 25.5 Å². The first kappa shape index (κ1) is 30.4. The summed E-state index contributed by atoms with van der Waals surface area (Å²) in [7, 11) is 0. The Labute approximate surface area is 227 Å². The second-order valence-electron chi connectivity index (χ2n) is 8.60. The largest absolute Gasteiger partial charge is 0.492 e. The molecule has 37 heavy (non-hydrogen) atoms. The molecule has 1 aromatic carbocycles. The van der Waals surface area contributed by atoms with Gasteiger partial charge in [0.25, 0.3) is 5.70 Å². The number of allylic oxidation sites excluding steroid dienone is 1. The molecule has 1 aliphatic rings. The van der Waals surface area contributed by atoms with Crippen LogP contribution in [0.5, 0.6) is 11.5 Å². The van der Waals surface area contributed by atoms with Gasteiger partial charge in [0, 0.05) is 12.8 Å². The number of carbonyl (C=O) groups excluding carboxylic acids is 2. The van der Waals surface area contributed by atoms with Gasteiger partial charge in [-0.05, 0) is 31.4 Å². The fourth-order valence-corrected chi connectivity index (χ4v) is 5.63. The number of benzene rings is 1. The van der Waals surface area contributed by atoms with E-state index in [1.54, 1.807) is 0 Å². The molecule has 200 valence electrons. The fourth-order valence-electron chi connectivity index (χ4n) is 3.05. The number of carbonyl (C=O) groups is 2. The van der Waals surface area contributed by atoms with Crippen molar-refractivity contribution >= 4 is 35.5 Å². The summed E-state index contributed by atoms with van der Waals surface area (Å²) in [6.07, 6.45) is 2.54. The lowest BCUT2D eigenvalue weighted by Gasteiger charge is -2.17. The Hall–Kier alpha value is -2.82. The Kier molecular flexibility index (Phi) is 12.7. The second-order valence-corrected chi connectivity index (χ2v) is 10.9. The predicted octanol–water partition coefficient (Wildman–Crippen LogP) is 6.52. The first-order valence-corrected chi connectivity index (χ1v) is 14.0. The van der Waals surface area contributed by atoms with Gasteiger partial charge in [-0.1, -0.05) is 51.2 Å². The Bertz CT molecular complexity index is 1070. The van der Waals surface area contributed by atoms with Crippen molar-refractivity contribution in [1.29, 1.82) is 5.26 Å². The van der Waals surface area contributed by atoms with E-state index in [2.05, 4.69) is 4.85 Å². The molecule has 8 nitrogen and oxygen atoms in total. The summed E-state index contributed by atoms with van der Waals surface area (Å²) in [5, 5.41) is 9.37. The van der Waals surface area contributed by atoms with Crippen LogP contribution in [0.2, 0.25) is 0 Å². The van der Waals surface area contributed by atoms with Crippen molar-refractivity contribution < 1.29 is 28.5 Å². The Morgan fingerprint density at radius 3 is 2.03 bits per heavy atom. The number of hydrogen-bond donors (Lipinski definition) is 0. The minimum Gasteiger partial charge on any atom is -0.492 e. The highest BCUT2D eigenvalue weighted by Crippen LogP contribution is 2.59. The average molecular weight is 547 g/mol. The third-order valence-corrected chi connectivity index (χ3v) is 8.33. The molecule has 2 rings (SSSR count). The Balaban J connectivity index is 2.08. The normalized spacial score (nSPS) is 15.0. The highest BCUT2D eigenvalue weighted by molar-refractivity contribution is 8.24. The first-order valence-electron chi connectivity index (χ1n) is 12.4. The van der Waals surface area contributed by atoms with E-state index in [1.807, 2.05) is 46.8 Å². The van der Waals surface area contributed by atoms with Crippen LogP contribution in [0.1, 0.15) is 58.9 Å². The molecule has 10 heteroatoms. The van der Waals surface area contributed by atoms with Gasteiger partial charge < -0.3 is 18.9 Å². The molecule has 0 aliphatic carbocycles. The third-order valence-electron chi connectivity index (χ3n) is 5.74. The van der Waals surface area contributed by atoms with Gasteiger partial charge in [-0.25, -0.2) is 10.1 Å². The smallest absolute Gasteiger partial charge is 0.308 e. The standard InChI is InChI=1S/C27H34N2O6S2/c1-7-17(3)25(30)34-13-9-11-32-21-15-19(5)22(33-12-10-14-35-26(31)18(4)8-2)24-23(21)36-27(37-24)20(16-28)29-6/h15,17-18H,7-14H2,1-5H3/b27-20+. The van der Waals surface area contributed by atoms with Gasteiger partial charge in [0.05, 0.1) is 64.9 Å². The van der Waals surface area contributed by atoms with Crippen LogP contribution in [-0.2, 0) is 19.1 Å². The number of thioether (sulfide) groups is 2. The lowest BCUT2D eigenvalue weighted by atomic mass is 10.1. The van der Waals surface area contributed by atoms with E-state index in [-0.39, 0.29) is 42.7 Å². The summed E-state index contributed by atoms with van der Waals surface area (Å²) < 4.78 is 23.3. The highest BCUT2D eigenvalue weighted by Gasteiger charge is 2.30. The maximum absolute atomic E-state index is 11.9. The molecule has 1 aromatic rings. The number of aryl methyl sites for hydroxylation is 1. The van der Waals surface area contributed by atoms with E-state index in [1.165, 1.54) is 23.5 Å². The Morgan fingerprint density at radius 2 is 1.51 bits per heavy atom. The zero-order valence-corrected chi connectivity index (χ0v) is 23.7. The van der Waals surface area contributed by atoms with Gasteiger partial charge in [-0.15, -0.1) is 0 Å². The number of nitrogens with zero attached hydrogens (tertiary/aromatic N) is 2. The van der Waals surface area contributed by atoms with E-state index in [9.17, 15) is 14.9 Å². The predicted molar refractivity (Wildman–Crippen MR) is 143 cm³/mol. The van der Waals surface area contributed by atoms with Crippen molar-refractivity contribution in [2.75, 3.05) is 26.4 Å². The minimum atomic E-state index is -0.208. The molecular weight excluding hydrogens is 512 g/mol. The maximum Gasteiger partial charge on any atom is 0.308 e. The number of ether oxygens (including phenoxy) is 4. The number of fused-ring (bicyclic) bond motifs is 1. The van der Waals surface area contributed by atoms with E-state index in [0.29, 0.717) is 41.8 Å². The van der Waals surface area contributed by atoms with Crippen LogP contribution in [0.4, 0.5) is 0 Å². The molecule has 0 radical (unpaired) electrons. The van der Waals surface area contributed by atoms with Gasteiger partial charge in [-0.3, -0.25) is 9.59 Å². The topological polar surface area (TPSA) is 99.2 Å². The SMILES string of the molecule is [C-]#[N+]/C(C#N)=C1\Sc2c(OCCCOC(=O)C(C)CC)cc(C)c(OCCCOC(=O)C(C)CC)c2S1. The summed E-state index contributed by atoms with van der Waals surface area (Å²) in [5.41, 5.74) is 0.874. The molecule has 0 N–H and O–H groups in total. The molecule has 0 spiro atoms. The summed E-state index contributed by atoms with van der Waals surface area (Å²) in [6, 6.07) is 3.83. The van der Waals surface area contributed by atoms with Crippen molar-refractivity contribution in [3.05, 3.63) is 33.0 Å². The minimum absolute atomic E-state index is 0.0228. The average Bonchev–Trinajstić information content (AvgIpc) is 3.34. The maximum atomic E-state index is 11.9. The van der Waals surface area contributed by atoms with Gasteiger partial charge in [-0.2, -0.15) is 0 Å². The quantitative estimate of drug-likeness (QED) is 0.112. The number of nitriles is 1. The van der Waals surface area contributed by atoms with E-state index < -0.39 is 0 Å². The van der Waals surface area contributed by atoms with Crippen LogP contribution in [0.3, 0.4) is 0 Å². The van der Waals surface area contributed by atoms with Gasteiger partial charge in [0.15, 0.2) is 0 Å². The van der Waals surface area contributed by atoms with Gasteiger partial charge in [0.2, 0.25) is 0 Å². The van der Waals surface area contributed by atoms with Gasteiger partial charge in [0.1, 0.15) is 11.5 Å². The molecule has 0 fully saturated rings. The highest BCUT2D eigenvalue weighted by atomic mass is 32.2. The van der Waals surface area contributed by atoms with Crippen molar-refractivity contribution in [3.8, 4) is 17.6 Å². The fraction of sp³-hybridized carbons (Fsp3) is 0.556. The summed E-state index contributed by atoms with van der Waals surface area (Å²) in [6.45, 7) is 18.0. The van der Waals surface area contributed by atoms with Crippen molar-refractivity contribution in [2.24, 2.45) is 11.8 Å². The first-order chi connectivity index (χ1) is 17.8. The lowest BCUT2D eigenvalue weighted by Crippen LogP contribution is -2.16. The zero-order valence-electron chi connectivity index (χ0n) is 22.0. The molecule has 2 atom stereocenters. The number of rotatable bonds is 14. The lowest BCUT2D eigenvalue weighted by molar-refractivity contribution is -0.149. The summed E-state index contributed by atoms with van der Waals surface area (Å²) in [5.74, 6) is 0.627. The zero-order chi connectivity index (χ0) is 27.4. The van der Waals surface area contributed by atoms with Crippen molar-refractivity contribution in [2.45, 2.75) is 70.1 Å². The van der Waals surface area contributed by atoms with E-state index in [0.717, 1.165) is 28.2 Å². The molecule has 1 aliphatic heterocycles. The van der Waals surface area contributed by atoms with Crippen LogP contribution < -0.4 is 9.47 Å². The summed E-state index contributed by atoms with van der Waals surface area (Å²) in [4.78, 5) is 28.6. The van der Waals surface area contributed by atoms with Crippen LogP contribution in [0.15, 0.2) is 25.8 Å².